The first-order chi connectivity index (χ1) is 14.9. The van der Waals surface area contributed by atoms with E-state index in [0.717, 1.165) is 10.6 Å². The molecule has 9 nitrogen and oxygen atoms in total. The number of rotatable bonds is 11. The summed E-state index contributed by atoms with van der Waals surface area (Å²) in [5, 5.41) is 6.29. The summed E-state index contributed by atoms with van der Waals surface area (Å²) >= 11 is 0. The van der Waals surface area contributed by atoms with Gasteiger partial charge >= 0.3 is 6.03 Å². The normalized spacial score (nSPS) is 10.2. The Bertz CT molecular complexity index is 914. The smallest absolute Gasteiger partial charge is 0.315 e. The Labute approximate surface area is 180 Å². The molecular formula is C22H26N4O5. The lowest BCUT2D eigenvalue weighted by Crippen LogP contribution is -2.43. The summed E-state index contributed by atoms with van der Waals surface area (Å²) in [6.07, 6.45) is 0.373. The number of nitrogen functional groups attached to an aromatic ring is 1. The molecule has 0 unspecified atom stereocenters. The number of carbonyl (C=O) groups excluding carboxylic acids is 4. The predicted octanol–water partition coefficient (Wildman–Crippen LogP) is 1.82. The quantitative estimate of drug-likeness (QED) is 0.165. The number of aldehydes is 1. The summed E-state index contributed by atoms with van der Waals surface area (Å²) < 4.78 is 0. The van der Waals surface area contributed by atoms with E-state index in [1.165, 1.54) is 0 Å². The Morgan fingerprint density at radius 2 is 1.81 bits per heavy atom. The van der Waals surface area contributed by atoms with Gasteiger partial charge in [-0.2, -0.15) is 0 Å². The zero-order valence-corrected chi connectivity index (χ0v) is 17.3. The summed E-state index contributed by atoms with van der Waals surface area (Å²) in [4.78, 5) is 52.1. The number of amides is 3. The van der Waals surface area contributed by atoms with Crippen molar-refractivity contribution in [3.8, 4) is 0 Å². The molecule has 0 aliphatic rings. The molecule has 2 rings (SSSR count). The highest BCUT2D eigenvalue weighted by molar-refractivity contribution is 6.02. The number of nitrogens with two attached hydrogens (primary N) is 1. The minimum atomic E-state index is -0.484. The maximum Gasteiger partial charge on any atom is 0.315 e. The molecule has 0 aliphatic heterocycles. The van der Waals surface area contributed by atoms with E-state index in [-0.39, 0.29) is 31.9 Å². The topological polar surface area (TPSA) is 131 Å². The highest BCUT2D eigenvalue weighted by Gasteiger charge is 2.14. The van der Waals surface area contributed by atoms with Crippen LogP contribution in [0.4, 0.5) is 10.5 Å². The molecule has 164 valence electrons. The third kappa shape index (κ3) is 7.90. The first-order valence-corrected chi connectivity index (χ1v) is 9.78. The molecule has 0 aliphatic carbocycles. The molecule has 9 heteroatoms. The van der Waals surface area contributed by atoms with Crippen molar-refractivity contribution in [2.75, 3.05) is 18.8 Å². The van der Waals surface area contributed by atoms with Crippen molar-refractivity contribution >= 4 is 29.7 Å². The summed E-state index contributed by atoms with van der Waals surface area (Å²) in [7, 11) is 0. The molecule has 2 aromatic rings. The van der Waals surface area contributed by atoms with Crippen LogP contribution >= 0.6 is 0 Å². The van der Waals surface area contributed by atoms with Crippen molar-refractivity contribution in [1.29, 1.82) is 0 Å². The van der Waals surface area contributed by atoms with Crippen LogP contribution in [0.5, 0.6) is 0 Å². The number of hydroxylamine groups is 2. The van der Waals surface area contributed by atoms with Crippen LogP contribution in [-0.2, 0) is 27.6 Å². The SMILES string of the molecule is CCN(OCc1cccc(C(=O)CC=O)c1)C(=O)CNC(=O)NCc1ccc(N)cc1. The van der Waals surface area contributed by atoms with Crippen molar-refractivity contribution in [2.45, 2.75) is 26.5 Å². The third-order valence-electron chi connectivity index (χ3n) is 4.30. The van der Waals surface area contributed by atoms with Crippen molar-refractivity contribution in [1.82, 2.24) is 15.7 Å². The summed E-state index contributed by atoms with van der Waals surface area (Å²) in [5.41, 5.74) is 8.22. The highest BCUT2D eigenvalue weighted by Crippen LogP contribution is 2.10. The number of benzene rings is 2. The fraction of sp³-hybridized carbons (Fsp3) is 0.273. The fourth-order valence-electron chi connectivity index (χ4n) is 2.64. The maximum absolute atomic E-state index is 12.3. The van der Waals surface area contributed by atoms with Crippen LogP contribution in [0.25, 0.3) is 0 Å². The van der Waals surface area contributed by atoms with Gasteiger partial charge in [0.15, 0.2) is 5.78 Å². The predicted molar refractivity (Wildman–Crippen MR) is 115 cm³/mol. The molecule has 0 saturated carbocycles. The van der Waals surface area contributed by atoms with E-state index in [1.54, 1.807) is 55.5 Å². The average Bonchev–Trinajstić information content (AvgIpc) is 2.78. The van der Waals surface area contributed by atoms with Crippen molar-refractivity contribution in [2.24, 2.45) is 0 Å². The number of ketones is 1. The van der Waals surface area contributed by atoms with Crippen LogP contribution in [0.15, 0.2) is 48.5 Å². The molecule has 31 heavy (non-hydrogen) atoms. The molecule has 0 spiro atoms. The molecular weight excluding hydrogens is 400 g/mol. The van der Waals surface area contributed by atoms with E-state index < -0.39 is 11.9 Å². The molecule has 0 heterocycles. The maximum atomic E-state index is 12.3. The molecule has 0 saturated heterocycles. The van der Waals surface area contributed by atoms with Crippen molar-refractivity contribution < 1.29 is 24.0 Å². The number of hydrogen-bond donors (Lipinski definition) is 3. The Morgan fingerprint density at radius 3 is 2.48 bits per heavy atom. The fourth-order valence-corrected chi connectivity index (χ4v) is 2.64. The van der Waals surface area contributed by atoms with Gasteiger partial charge in [-0.1, -0.05) is 30.3 Å². The number of carbonyl (C=O) groups is 4. The molecule has 0 aromatic heterocycles. The second-order valence-corrected chi connectivity index (χ2v) is 6.63. The standard InChI is InChI=1S/C22H26N4O5/c1-2-26(31-15-17-4-3-5-18(12-17)20(28)10-11-27)21(29)14-25-22(30)24-13-16-6-8-19(23)9-7-16/h3-9,11-12H,2,10,13-15,23H2,1H3,(H2,24,25,30). The van der Waals surface area contributed by atoms with Crippen LogP contribution in [0.2, 0.25) is 0 Å². The number of nitrogens with zero attached hydrogens (tertiary/aromatic N) is 1. The minimum absolute atomic E-state index is 0.0606. The van der Waals surface area contributed by atoms with Gasteiger partial charge in [0, 0.05) is 24.3 Å². The van der Waals surface area contributed by atoms with Crippen LogP contribution in [0.1, 0.15) is 34.8 Å². The van der Waals surface area contributed by atoms with Crippen LogP contribution in [0, 0.1) is 0 Å². The Balaban J connectivity index is 1.79. The second kappa shape index (κ2) is 12.1. The molecule has 0 atom stereocenters. The lowest BCUT2D eigenvalue weighted by Gasteiger charge is -2.20. The van der Waals surface area contributed by atoms with Gasteiger partial charge in [-0.25, -0.2) is 9.86 Å². The van der Waals surface area contributed by atoms with Gasteiger partial charge in [-0.3, -0.25) is 14.4 Å². The van der Waals surface area contributed by atoms with E-state index in [0.29, 0.717) is 29.6 Å². The summed E-state index contributed by atoms with van der Waals surface area (Å²) in [6.45, 7) is 2.14. The summed E-state index contributed by atoms with van der Waals surface area (Å²) in [5.74, 6) is -0.701. The number of anilines is 1. The number of likely N-dealkylation sites (N-methyl/N-ethyl adjacent to an activating group) is 1. The van der Waals surface area contributed by atoms with Gasteiger partial charge in [-0.15, -0.1) is 0 Å². The molecule has 4 N–H and O–H groups in total. The van der Waals surface area contributed by atoms with E-state index in [2.05, 4.69) is 10.6 Å². The van der Waals surface area contributed by atoms with Gasteiger partial charge in [0.25, 0.3) is 5.91 Å². The number of hydrogen-bond acceptors (Lipinski definition) is 6. The molecule has 3 amide bonds. The van der Waals surface area contributed by atoms with Crippen LogP contribution in [-0.4, -0.2) is 42.2 Å². The lowest BCUT2D eigenvalue weighted by molar-refractivity contribution is -0.189. The van der Waals surface area contributed by atoms with E-state index >= 15 is 0 Å². The van der Waals surface area contributed by atoms with Gasteiger partial charge in [0.1, 0.15) is 19.4 Å². The van der Waals surface area contributed by atoms with Gasteiger partial charge < -0.3 is 21.2 Å². The highest BCUT2D eigenvalue weighted by atomic mass is 16.7. The monoisotopic (exact) mass is 426 g/mol. The minimum Gasteiger partial charge on any atom is -0.399 e. The van der Waals surface area contributed by atoms with E-state index in [1.807, 2.05) is 0 Å². The second-order valence-electron chi connectivity index (χ2n) is 6.63. The average molecular weight is 426 g/mol. The Kier molecular flexibility index (Phi) is 9.18. The Morgan fingerprint density at radius 1 is 1.06 bits per heavy atom. The molecule has 2 aromatic carbocycles. The largest absolute Gasteiger partial charge is 0.399 e. The van der Waals surface area contributed by atoms with Crippen molar-refractivity contribution in [3.63, 3.8) is 0 Å². The third-order valence-corrected chi connectivity index (χ3v) is 4.30. The first-order valence-electron chi connectivity index (χ1n) is 9.78. The molecule has 0 radical (unpaired) electrons. The van der Waals surface area contributed by atoms with Gasteiger partial charge in [0.2, 0.25) is 0 Å². The Hall–Kier alpha value is -3.72. The zero-order valence-electron chi connectivity index (χ0n) is 17.3. The van der Waals surface area contributed by atoms with Crippen LogP contribution < -0.4 is 16.4 Å². The molecule has 0 bridgehead atoms. The van der Waals surface area contributed by atoms with Crippen LogP contribution in [0.3, 0.4) is 0 Å². The number of nitrogens with one attached hydrogen (secondary N) is 2. The van der Waals surface area contributed by atoms with Gasteiger partial charge in [0.05, 0.1) is 6.42 Å². The zero-order chi connectivity index (χ0) is 22.6. The van der Waals surface area contributed by atoms with E-state index in [9.17, 15) is 19.2 Å². The first kappa shape index (κ1) is 23.6. The molecule has 0 fully saturated rings. The number of Topliss-reactive ketones (excluding diaryl/α,β-unsaturated/α-hetero) is 1. The summed E-state index contributed by atoms with van der Waals surface area (Å²) in [6, 6.07) is 13.3. The lowest BCUT2D eigenvalue weighted by atomic mass is 10.1. The van der Waals surface area contributed by atoms with Crippen molar-refractivity contribution in [3.05, 3.63) is 65.2 Å². The van der Waals surface area contributed by atoms with E-state index in [4.69, 9.17) is 10.6 Å². The van der Waals surface area contributed by atoms with Gasteiger partial charge in [-0.05, 0) is 36.2 Å². The number of urea groups is 1.